The molecule has 0 amide bonds. The molecular formula is C14H25NOS. The molecule has 0 aromatic carbocycles. The molecule has 2 nitrogen and oxygen atoms in total. The minimum absolute atomic E-state index is 0.263. The van der Waals surface area contributed by atoms with Crippen LogP contribution in [-0.4, -0.2) is 23.1 Å². The predicted octanol–water partition coefficient (Wildman–Crippen LogP) is 3.05. The lowest BCUT2D eigenvalue weighted by Crippen LogP contribution is -2.34. The first-order valence-electron chi connectivity index (χ1n) is 6.68. The largest absolute Gasteiger partial charge is 0.396 e. The van der Waals surface area contributed by atoms with E-state index in [1.807, 2.05) is 0 Å². The molecule has 1 rings (SSSR count). The van der Waals surface area contributed by atoms with E-state index in [2.05, 4.69) is 43.1 Å². The Kier molecular flexibility index (Phi) is 7.65. The molecule has 0 radical (unpaired) electrons. The summed E-state index contributed by atoms with van der Waals surface area (Å²) in [5.74, 6) is 0. The van der Waals surface area contributed by atoms with E-state index in [0.717, 1.165) is 38.5 Å². The Balaban J connectivity index is 2.20. The zero-order valence-electron chi connectivity index (χ0n) is 10.7. The zero-order chi connectivity index (χ0) is 12.5. The topological polar surface area (TPSA) is 32.3 Å². The van der Waals surface area contributed by atoms with E-state index >= 15 is 0 Å². The van der Waals surface area contributed by atoms with Crippen LogP contribution in [0.4, 0.5) is 0 Å². The van der Waals surface area contributed by atoms with Crippen molar-refractivity contribution in [3.05, 3.63) is 23.8 Å². The normalized spacial score (nSPS) is 21.4. The summed E-state index contributed by atoms with van der Waals surface area (Å²) in [5, 5.41) is 12.5. The predicted molar refractivity (Wildman–Crippen MR) is 77.4 cm³/mol. The quantitative estimate of drug-likeness (QED) is 0.354. The number of hydrogen-bond acceptors (Lipinski definition) is 3. The van der Waals surface area contributed by atoms with E-state index in [0.29, 0.717) is 12.6 Å². The van der Waals surface area contributed by atoms with Gasteiger partial charge in [0.25, 0.3) is 0 Å². The van der Waals surface area contributed by atoms with Crippen molar-refractivity contribution in [3.63, 3.8) is 0 Å². The third-order valence-corrected chi connectivity index (χ3v) is 3.49. The maximum atomic E-state index is 8.70. The van der Waals surface area contributed by atoms with Gasteiger partial charge in [-0.05, 0) is 25.7 Å². The van der Waals surface area contributed by atoms with Crippen LogP contribution in [0.5, 0.6) is 0 Å². The van der Waals surface area contributed by atoms with Crippen molar-refractivity contribution in [2.75, 3.05) is 6.61 Å². The van der Waals surface area contributed by atoms with Gasteiger partial charge in [-0.25, -0.2) is 0 Å². The fourth-order valence-corrected chi connectivity index (χ4v) is 2.43. The van der Waals surface area contributed by atoms with Gasteiger partial charge in [-0.15, -0.1) is 0 Å². The van der Waals surface area contributed by atoms with E-state index in [1.54, 1.807) is 0 Å². The van der Waals surface area contributed by atoms with E-state index in [9.17, 15) is 0 Å². The second-order valence-electron chi connectivity index (χ2n) is 4.60. The van der Waals surface area contributed by atoms with Crippen LogP contribution in [0.3, 0.4) is 0 Å². The highest BCUT2D eigenvalue weighted by molar-refractivity contribution is 7.80. The minimum atomic E-state index is 0.263. The molecule has 1 aliphatic rings. The molecule has 3 heteroatoms. The van der Waals surface area contributed by atoms with Gasteiger partial charge in [0.15, 0.2) is 0 Å². The molecule has 0 spiro atoms. The van der Waals surface area contributed by atoms with Gasteiger partial charge in [0.1, 0.15) is 0 Å². The summed E-state index contributed by atoms with van der Waals surface area (Å²) in [7, 11) is 0. The molecule has 0 fully saturated rings. The molecule has 0 saturated heterocycles. The highest BCUT2D eigenvalue weighted by atomic mass is 32.1. The average Bonchev–Trinajstić information content (AvgIpc) is 2.35. The van der Waals surface area contributed by atoms with E-state index in [-0.39, 0.29) is 5.37 Å². The third-order valence-electron chi connectivity index (χ3n) is 3.09. The van der Waals surface area contributed by atoms with Gasteiger partial charge in [-0.2, -0.15) is 12.6 Å². The number of unbranched alkanes of at least 4 members (excludes halogenated alkanes) is 2. The van der Waals surface area contributed by atoms with E-state index < -0.39 is 0 Å². The first-order valence-corrected chi connectivity index (χ1v) is 7.20. The molecule has 17 heavy (non-hydrogen) atoms. The number of hydrogen-bond donors (Lipinski definition) is 3. The first kappa shape index (κ1) is 14.8. The second-order valence-corrected chi connectivity index (χ2v) is 5.22. The third kappa shape index (κ3) is 6.29. The van der Waals surface area contributed by atoms with Crippen molar-refractivity contribution < 1.29 is 5.11 Å². The molecule has 0 aliphatic heterocycles. The molecule has 0 saturated carbocycles. The monoisotopic (exact) mass is 255 g/mol. The van der Waals surface area contributed by atoms with E-state index in [1.165, 1.54) is 5.57 Å². The van der Waals surface area contributed by atoms with Crippen molar-refractivity contribution in [1.82, 2.24) is 5.32 Å². The summed E-state index contributed by atoms with van der Waals surface area (Å²) >= 11 is 4.57. The van der Waals surface area contributed by atoms with Gasteiger partial charge in [0.05, 0.1) is 5.37 Å². The molecule has 0 aromatic rings. The Morgan fingerprint density at radius 1 is 1.47 bits per heavy atom. The Hall–Kier alpha value is -0.250. The lowest BCUT2D eigenvalue weighted by Gasteiger charge is -2.22. The lowest BCUT2D eigenvalue weighted by atomic mass is 10.0. The van der Waals surface area contributed by atoms with Crippen molar-refractivity contribution in [3.8, 4) is 0 Å². The highest BCUT2D eigenvalue weighted by Gasteiger charge is 2.11. The maximum Gasteiger partial charge on any atom is 0.0507 e. The Bertz CT molecular complexity index is 263. The minimum Gasteiger partial charge on any atom is -0.396 e. The van der Waals surface area contributed by atoms with Gasteiger partial charge < -0.3 is 5.11 Å². The van der Waals surface area contributed by atoms with Crippen LogP contribution in [0.25, 0.3) is 0 Å². The molecule has 0 bridgehead atoms. The molecule has 2 unspecified atom stereocenters. The fraction of sp³-hybridized carbons (Fsp3) is 0.714. The molecule has 1 aliphatic carbocycles. The summed E-state index contributed by atoms with van der Waals surface area (Å²) in [5.41, 5.74) is 1.41. The summed E-state index contributed by atoms with van der Waals surface area (Å²) in [6.07, 6.45) is 13.1. The fourth-order valence-electron chi connectivity index (χ4n) is 2.06. The number of thiol groups is 1. The van der Waals surface area contributed by atoms with Crippen LogP contribution in [0.15, 0.2) is 23.8 Å². The number of aliphatic hydroxyl groups excluding tert-OH is 1. The average molecular weight is 255 g/mol. The summed E-state index contributed by atoms with van der Waals surface area (Å²) in [6.45, 7) is 2.49. The highest BCUT2D eigenvalue weighted by Crippen LogP contribution is 2.15. The Labute approximate surface area is 111 Å². The molecule has 0 aromatic heterocycles. The van der Waals surface area contributed by atoms with Gasteiger partial charge in [-0.3, -0.25) is 5.32 Å². The molecular weight excluding hydrogens is 230 g/mol. The molecule has 0 heterocycles. The van der Waals surface area contributed by atoms with Gasteiger partial charge in [-0.1, -0.05) is 43.6 Å². The second kappa shape index (κ2) is 8.78. The lowest BCUT2D eigenvalue weighted by molar-refractivity contribution is 0.282. The molecule has 2 N–H and O–H groups in total. The summed E-state index contributed by atoms with van der Waals surface area (Å²) in [4.78, 5) is 0. The first-order chi connectivity index (χ1) is 8.26. The van der Waals surface area contributed by atoms with Crippen LogP contribution in [0, 0.1) is 0 Å². The summed E-state index contributed by atoms with van der Waals surface area (Å²) < 4.78 is 0. The van der Waals surface area contributed by atoms with E-state index in [4.69, 9.17) is 5.11 Å². The molecule has 2 atom stereocenters. The van der Waals surface area contributed by atoms with Crippen LogP contribution < -0.4 is 5.32 Å². The number of rotatable bonds is 8. The Morgan fingerprint density at radius 2 is 2.29 bits per heavy atom. The number of aliphatic hydroxyl groups is 1. The van der Waals surface area contributed by atoms with Crippen molar-refractivity contribution in [2.24, 2.45) is 0 Å². The molecule has 98 valence electrons. The standard InChI is InChI=1S/C14H25NOS/c1-2-12-7-6-8-13(11-12)15-14(17)9-4-3-5-10-16/h6-7,11,13-17H,2-5,8-10H2,1H3. The van der Waals surface area contributed by atoms with Gasteiger partial charge >= 0.3 is 0 Å². The SMILES string of the molecule is CCC1=CC(NC(S)CCCCCO)CC=C1. The van der Waals surface area contributed by atoms with Crippen molar-refractivity contribution in [2.45, 2.75) is 56.9 Å². The Morgan fingerprint density at radius 3 is 3.00 bits per heavy atom. The van der Waals surface area contributed by atoms with Crippen molar-refractivity contribution >= 4 is 12.6 Å². The van der Waals surface area contributed by atoms with Gasteiger partial charge in [0, 0.05) is 12.6 Å². The van der Waals surface area contributed by atoms with Crippen LogP contribution in [0.1, 0.15) is 45.4 Å². The van der Waals surface area contributed by atoms with Gasteiger partial charge in [0.2, 0.25) is 0 Å². The number of nitrogens with one attached hydrogen (secondary N) is 1. The van der Waals surface area contributed by atoms with Crippen LogP contribution in [0.2, 0.25) is 0 Å². The van der Waals surface area contributed by atoms with Crippen molar-refractivity contribution in [1.29, 1.82) is 0 Å². The number of allylic oxidation sites excluding steroid dienone is 2. The maximum absolute atomic E-state index is 8.70. The zero-order valence-corrected chi connectivity index (χ0v) is 11.6. The smallest absolute Gasteiger partial charge is 0.0507 e. The van der Waals surface area contributed by atoms with Crippen LogP contribution >= 0.6 is 12.6 Å². The van der Waals surface area contributed by atoms with Crippen LogP contribution in [-0.2, 0) is 0 Å². The summed E-state index contributed by atoms with van der Waals surface area (Å²) in [6, 6.07) is 0.440.